The van der Waals surface area contributed by atoms with Crippen molar-refractivity contribution in [2.75, 3.05) is 13.7 Å². The van der Waals surface area contributed by atoms with Crippen LogP contribution < -0.4 is 10.5 Å². The second-order valence-electron chi connectivity index (χ2n) is 3.14. The number of aryl methyl sites for hydroxylation is 1. The lowest BCUT2D eigenvalue weighted by Crippen LogP contribution is -2.16. The van der Waals surface area contributed by atoms with Crippen LogP contribution in [0.15, 0.2) is 12.1 Å². The van der Waals surface area contributed by atoms with Crippen molar-refractivity contribution in [1.82, 2.24) is 0 Å². The molecule has 0 aromatic heterocycles. The van der Waals surface area contributed by atoms with Crippen molar-refractivity contribution in [3.63, 3.8) is 0 Å². The second-order valence-corrected chi connectivity index (χ2v) is 3.14. The molecule has 3 N–H and O–H groups in total. The predicted molar refractivity (Wildman–Crippen MR) is 51.7 cm³/mol. The molecule has 0 aliphatic rings. The van der Waals surface area contributed by atoms with Gasteiger partial charge in [0.05, 0.1) is 19.8 Å². The molecular weight excluding hydrogens is 185 g/mol. The zero-order chi connectivity index (χ0) is 10.7. The van der Waals surface area contributed by atoms with Gasteiger partial charge in [-0.2, -0.15) is 0 Å². The van der Waals surface area contributed by atoms with E-state index >= 15 is 0 Å². The van der Waals surface area contributed by atoms with Gasteiger partial charge in [0.15, 0.2) is 0 Å². The Morgan fingerprint density at radius 1 is 1.57 bits per heavy atom. The van der Waals surface area contributed by atoms with E-state index in [2.05, 4.69) is 0 Å². The molecule has 0 saturated carbocycles. The van der Waals surface area contributed by atoms with Crippen LogP contribution in [0.25, 0.3) is 0 Å². The second kappa shape index (κ2) is 4.39. The molecule has 0 amide bonds. The molecule has 0 saturated heterocycles. The van der Waals surface area contributed by atoms with Crippen molar-refractivity contribution in [1.29, 1.82) is 0 Å². The number of methoxy groups -OCH3 is 1. The number of hydrogen-bond acceptors (Lipinski definition) is 3. The minimum Gasteiger partial charge on any atom is -0.497 e. The molecule has 0 aliphatic carbocycles. The van der Waals surface area contributed by atoms with Crippen LogP contribution in [-0.2, 0) is 0 Å². The fourth-order valence-corrected chi connectivity index (χ4v) is 1.25. The first-order chi connectivity index (χ1) is 6.60. The van der Waals surface area contributed by atoms with Gasteiger partial charge in [-0.25, -0.2) is 4.39 Å². The highest BCUT2D eigenvalue weighted by atomic mass is 19.1. The highest BCUT2D eigenvalue weighted by molar-refractivity contribution is 5.37. The summed E-state index contributed by atoms with van der Waals surface area (Å²) < 4.78 is 18.5. The Hall–Kier alpha value is -1.13. The smallest absolute Gasteiger partial charge is 0.131 e. The highest BCUT2D eigenvalue weighted by Crippen LogP contribution is 2.24. The van der Waals surface area contributed by atoms with Gasteiger partial charge < -0.3 is 15.6 Å². The van der Waals surface area contributed by atoms with Crippen LogP contribution in [0, 0.1) is 12.7 Å². The van der Waals surface area contributed by atoms with Gasteiger partial charge in [-0.3, -0.25) is 0 Å². The van der Waals surface area contributed by atoms with E-state index in [0.29, 0.717) is 11.3 Å². The fourth-order valence-electron chi connectivity index (χ4n) is 1.25. The number of aliphatic hydroxyl groups excluding tert-OH is 1. The topological polar surface area (TPSA) is 55.5 Å². The number of nitrogens with two attached hydrogens (primary N) is 1. The van der Waals surface area contributed by atoms with Crippen molar-refractivity contribution in [3.05, 3.63) is 29.1 Å². The van der Waals surface area contributed by atoms with Crippen LogP contribution in [-0.4, -0.2) is 18.8 Å². The van der Waals surface area contributed by atoms with Crippen LogP contribution >= 0.6 is 0 Å². The van der Waals surface area contributed by atoms with Crippen LogP contribution in [0.3, 0.4) is 0 Å². The molecule has 0 heterocycles. The van der Waals surface area contributed by atoms with Crippen LogP contribution in [0.5, 0.6) is 5.75 Å². The lowest BCUT2D eigenvalue weighted by molar-refractivity contribution is 0.265. The average Bonchev–Trinajstić information content (AvgIpc) is 2.20. The van der Waals surface area contributed by atoms with Gasteiger partial charge in [0.25, 0.3) is 0 Å². The summed E-state index contributed by atoms with van der Waals surface area (Å²) in [5.41, 5.74) is 6.29. The fraction of sp³-hybridized carbons (Fsp3) is 0.400. The van der Waals surface area contributed by atoms with Gasteiger partial charge in [0.1, 0.15) is 11.6 Å². The van der Waals surface area contributed by atoms with Gasteiger partial charge >= 0.3 is 0 Å². The molecule has 0 aliphatic heterocycles. The Kier molecular flexibility index (Phi) is 3.43. The third-order valence-corrected chi connectivity index (χ3v) is 2.09. The first kappa shape index (κ1) is 10.9. The molecule has 3 nitrogen and oxygen atoms in total. The maximum atomic E-state index is 13.5. The Morgan fingerprint density at radius 2 is 2.21 bits per heavy atom. The van der Waals surface area contributed by atoms with Gasteiger partial charge in [0.2, 0.25) is 0 Å². The molecule has 78 valence electrons. The number of hydrogen-bond donors (Lipinski definition) is 2. The summed E-state index contributed by atoms with van der Waals surface area (Å²) in [7, 11) is 1.50. The van der Waals surface area contributed by atoms with E-state index in [0.717, 1.165) is 0 Å². The van der Waals surface area contributed by atoms with E-state index in [1.54, 1.807) is 13.0 Å². The maximum absolute atomic E-state index is 13.5. The van der Waals surface area contributed by atoms with E-state index in [-0.39, 0.29) is 18.0 Å². The van der Waals surface area contributed by atoms with E-state index in [4.69, 9.17) is 15.6 Å². The summed E-state index contributed by atoms with van der Waals surface area (Å²) in [6.45, 7) is 1.34. The minimum absolute atomic E-state index is 0.282. The lowest BCUT2D eigenvalue weighted by atomic mass is 10.0. The van der Waals surface area contributed by atoms with Crippen molar-refractivity contribution >= 4 is 0 Å². The number of rotatable bonds is 3. The van der Waals surface area contributed by atoms with Gasteiger partial charge in [-0.1, -0.05) is 0 Å². The molecular formula is C10H14FNO2. The molecule has 1 rings (SSSR count). The molecule has 1 unspecified atom stereocenters. The Balaban J connectivity index is 3.20. The van der Waals surface area contributed by atoms with Crippen molar-refractivity contribution in [3.8, 4) is 5.75 Å². The third-order valence-electron chi connectivity index (χ3n) is 2.09. The predicted octanol–water partition coefficient (Wildman–Crippen LogP) is 1.13. The lowest BCUT2D eigenvalue weighted by Gasteiger charge is -2.13. The first-order valence-electron chi connectivity index (χ1n) is 4.30. The first-order valence-corrected chi connectivity index (χ1v) is 4.30. The van der Waals surface area contributed by atoms with Crippen molar-refractivity contribution in [2.45, 2.75) is 13.0 Å². The van der Waals surface area contributed by atoms with E-state index in [1.165, 1.54) is 13.2 Å². The monoisotopic (exact) mass is 199 g/mol. The van der Waals surface area contributed by atoms with Gasteiger partial charge in [-0.15, -0.1) is 0 Å². The third kappa shape index (κ3) is 2.02. The summed E-state index contributed by atoms with van der Waals surface area (Å²) in [4.78, 5) is 0. The molecule has 0 radical (unpaired) electrons. The van der Waals surface area contributed by atoms with Crippen LogP contribution in [0.4, 0.5) is 4.39 Å². The summed E-state index contributed by atoms with van der Waals surface area (Å²) in [6, 6.07) is 2.38. The van der Waals surface area contributed by atoms with Crippen molar-refractivity contribution < 1.29 is 14.2 Å². The maximum Gasteiger partial charge on any atom is 0.131 e. The molecule has 1 aromatic rings. The molecule has 14 heavy (non-hydrogen) atoms. The average molecular weight is 199 g/mol. The Labute approximate surface area is 82.3 Å². The molecule has 1 aromatic carbocycles. The summed E-state index contributed by atoms with van der Waals surface area (Å²) in [5, 5.41) is 8.83. The number of halogens is 1. The van der Waals surface area contributed by atoms with E-state index < -0.39 is 6.04 Å². The van der Waals surface area contributed by atoms with E-state index in [1.807, 2.05) is 0 Å². The quantitative estimate of drug-likeness (QED) is 0.767. The van der Waals surface area contributed by atoms with Gasteiger partial charge in [-0.05, 0) is 24.6 Å². The largest absolute Gasteiger partial charge is 0.497 e. The summed E-state index contributed by atoms with van der Waals surface area (Å²) in [6.07, 6.45) is 0. The SMILES string of the molecule is COc1cc(C)c(F)c(C(N)CO)c1. The normalized spacial score (nSPS) is 12.6. The summed E-state index contributed by atoms with van der Waals surface area (Å²) >= 11 is 0. The molecule has 1 atom stereocenters. The van der Waals surface area contributed by atoms with Gasteiger partial charge in [0, 0.05) is 5.56 Å². The Morgan fingerprint density at radius 3 is 2.71 bits per heavy atom. The number of benzene rings is 1. The Bertz CT molecular complexity index is 328. The zero-order valence-electron chi connectivity index (χ0n) is 8.25. The molecule has 0 spiro atoms. The van der Waals surface area contributed by atoms with Crippen LogP contribution in [0.2, 0.25) is 0 Å². The highest BCUT2D eigenvalue weighted by Gasteiger charge is 2.14. The minimum atomic E-state index is -0.705. The zero-order valence-corrected chi connectivity index (χ0v) is 8.25. The number of ether oxygens (including phenoxy) is 1. The van der Waals surface area contributed by atoms with E-state index in [9.17, 15) is 4.39 Å². The summed E-state index contributed by atoms with van der Waals surface area (Å²) in [5.74, 6) is 0.162. The van der Waals surface area contributed by atoms with Crippen LogP contribution in [0.1, 0.15) is 17.2 Å². The number of aliphatic hydroxyl groups is 1. The molecule has 0 bridgehead atoms. The standard InChI is InChI=1S/C10H14FNO2/c1-6-3-7(14-2)4-8(10(6)11)9(12)5-13/h3-4,9,13H,5,12H2,1-2H3. The molecule has 0 fully saturated rings. The van der Waals surface area contributed by atoms with Crippen molar-refractivity contribution in [2.24, 2.45) is 5.73 Å². The molecule has 4 heteroatoms.